The summed E-state index contributed by atoms with van der Waals surface area (Å²) in [5.41, 5.74) is 1.86. The number of nitrogens with zero attached hydrogens (tertiary/aromatic N) is 2. The van der Waals surface area contributed by atoms with Crippen LogP contribution in [0.5, 0.6) is 0 Å². The van der Waals surface area contributed by atoms with Crippen LogP contribution in [0, 0.1) is 11.8 Å². The van der Waals surface area contributed by atoms with Gasteiger partial charge in [-0.1, -0.05) is 96.2 Å². The van der Waals surface area contributed by atoms with Gasteiger partial charge < -0.3 is 26.6 Å². The van der Waals surface area contributed by atoms with Crippen LogP contribution in [0.2, 0.25) is 0 Å². The predicted octanol–water partition coefficient (Wildman–Crippen LogP) is 8.48. The molecule has 8 nitrogen and oxygen atoms in total. The molecule has 2 aromatic heterocycles. The average Bonchev–Trinajstić information content (AvgIpc) is 3.75. The normalized spacial score (nSPS) is 24.8. The number of rotatable bonds is 13. The number of allylic oxidation sites excluding steroid dienone is 8. The molecule has 2 aliphatic carbocycles. The third-order valence-corrected chi connectivity index (χ3v) is 22.3. The summed E-state index contributed by atoms with van der Waals surface area (Å²) in [4.78, 5) is 12.5. The number of hydrogen-bond donors (Lipinski definition) is 0. The molecule has 4 unspecified atom stereocenters. The molecule has 0 amide bonds. The Kier molecular flexibility index (Phi) is 10.7. The first-order valence-corrected chi connectivity index (χ1v) is 22.7. The van der Waals surface area contributed by atoms with E-state index in [1.54, 1.807) is 86.9 Å². The molecule has 0 bridgehead atoms. The first kappa shape index (κ1) is 35.9. The van der Waals surface area contributed by atoms with Crippen LogP contribution in [0.25, 0.3) is 20.4 Å². The van der Waals surface area contributed by atoms with Gasteiger partial charge in [-0.25, -0.2) is 9.97 Å². The van der Waals surface area contributed by atoms with Crippen molar-refractivity contribution in [2.75, 3.05) is 42.7 Å². The number of para-hydroxylation sites is 2. The maximum absolute atomic E-state index is 6.37. The van der Waals surface area contributed by atoms with Crippen LogP contribution >= 0.6 is 44.3 Å². The molecular formula is C34H40N2O6S4Si2. The molecule has 0 radical (unpaired) electrons. The fraction of sp³-hybridized carbons (Fsp3) is 0.353. The van der Waals surface area contributed by atoms with Crippen molar-refractivity contribution in [2.45, 2.75) is 23.9 Å². The third kappa shape index (κ3) is 5.23. The van der Waals surface area contributed by atoms with Crippen molar-refractivity contribution in [2.24, 2.45) is 11.8 Å². The van der Waals surface area contributed by atoms with Gasteiger partial charge in [0, 0.05) is 52.5 Å². The van der Waals surface area contributed by atoms with Gasteiger partial charge in [-0.3, -0.25) is 0 Å². The largest absolute Gasteiger partial charge is 0.519 e. The van der Waals surface area contributed by atoms with Gasteiger partial charge in [0.25, 0.3) is 0 Å². The van der Waals surface area contributed by atoms with E-state index in [0.29, 0.717) is 0 Å². The van der Waals surface area contributed by atoms with E-state index in [2.05, 4.69) is 62.4 Å². The predicted molar refractivity (Wildman–Crippen MR) is 204 cm³/mol. The molecule has 48 heavy (non-hydrogen) atoms. The van der Waals surface area contributed by atoms with Gasteiger partial charge in [0.2, 0.25) is 0 Å². The molecule has 0 saturated heterocycles. The SMILES string of the molecule is CO[Si](OC)(OC)C1(c2nc3ccccc3s2)C(SSC2=CC=CC(C)C2(c2nc3ccccc3s2)[Si](OC)(OC)OC)=CC=CC1C. The van der Waals surface area contributed by atoms with Crippen molar-refractivity contribution in [3.8, 4) is 0 Å². The minimum Gasteiger partial charge on any atom is -0.376 e. The highest BCUT2D eigenvalue weighted by atomic mass is 33.1. The van der Waals surface area contributed by atoms with E-state index in [0.717, 1.165) is 40.3 Å². The van der Waals surface area contributed by atoms with Crippen LogP contribution in [-0.2, 0) is 36.6 Å². The zero-order valence-corrected chi connectivity index (χ0v) is 33.5. The zero-order valence-electron chi connectivity index (χ0n) is 28.2. The van der Waals surface area contributed by atoms with Gasteiger partial charge in [-0.05, 0) is 36.1 Å². The lowest BCUT2D eigenvalue weighted by Gasteiger charge is -2.48. The van der Waals surface area contributed by atoms with E-state index in [1.807, 2.05) is 36.4 Å². The summed E-state index contributed by atoms with van der Waals surface area (Å²) in [6, 6.07) is 16.4. The Labute approximate surface area is 300 Å². The van der Waals surface area contributed by atoms with Crippen molar-refractivity contribution in [1.82, 2.24) is 9.97 Å². The number of benzene rings is 2. The van der Waals surface area contributed by atoms with Crippen molar-refractivity contribution in [1.29, 1.82) is 0 Å². The molecule has 0 saturated carbocycles. The van der Waals surface area contributed by atoms with Gasteiger partial charge in [-0.15, -0.1) is 22.7 Å². The van der Waals surface area contributed by atoms with Gasteiger partial charge >= 0.3 is 17.6 Å². The maximum atomic E-state index is 6.37. The Bertz CT molecular complexity index is 1680. The Morgan fingerprint density at radius 3 is 1.27 bits per heavy atom. The second-order valence-electron chi connectivity index (χ2n) is 11.5. The zero-order chi connectivity index (χ0) is 34.2. The quantitative estimate of drug-likeness (QED) is 0.0979. The molecule has 2 aromatic carbocycles. The van der Waals surface area contributed by atoms with Gasteiger partial charge in [0.15, 0.2) is 0 Å². The highest BCUT2D eigenvalue weighted by molar-refractivity contribution is 8.79. The van der Waals surface area contributed by atoms with E-state index >= 15 is 0 Å². The van der Waals surface area contributed by atoms with Crippen molar-refractivity contribution < 1.29 is 26.6 Å². The van der Waals surface area contributed by atoms with E-state index in [4.69, 9.17) is 36.5 Å². The molecule has 0 aliphatic heterocycles. The van der Waals surface area contributed by atoms with Gasteiger partial charge in [0.1, 0.15) is 20.1 Å². The van der Waals surface area contributed by atoms with Crippen LogP contribution in [-0.4, -0.2) is 70.2 Å². The third-order valence-electron chi connectivity index (χ3n) is 9.50. The molecule has 254 valence electrons. The lowest BCUT2D eigenvalue weighted by molar-refractivity contribution is 0.0900. The van der Waals surface area contributed by atoms with Crippen LogP contribution in [0.4, 0.5) is 0 Å². The summed E-state index contributed by atoms with van der Waals surface area (Å²) in [6.45, 7) is 4.38. The Balaban J connectivity index is 1.53. The number of hydrogen-bond acceptors (Lipinski definition) is 12. The molecule has 0 N–H and O–H groups in total. The van der Waals surface area contributed by atoms with E-state index in [-0.39, 0.29) is 11.8 Å². The van der Waals surface area contributed by atoms with Crippen molar-refractivity contribution in [3.05, 3.63) is 105 Å². The summed E-state index contributed by atoms with van der Waals surface area (Å²) >= 11 is 3.32. The second kappa shape index (κ2) is 14.4. The Morgan fingerprint density at radius 1 is 0.583 bits per heavy atom. The molecule has 0 fully saturated rings. The summed E-state index contributed by atoms with van der Waals surface area (Å²) in [7, 11) is 6.42. The van der Waals surface area contributed by atoms with Crippen LogP contribution in [0.15, 0.2) is 94.8 Å². The fourth-order valence-corrected chi connectivity index (χ4v) is 20.8. The van der Waals surface area contributed by atoms with Crippen molar-refractivity contribution in [3.63, 3.8) is 0 Å². The van der Waals surface area contributed by atoms with Crippen molar-refractivity contribution >= 4 is 82.3 Å². The monoisotopic (exact) mass is 756 g/mol. The van der Waals surface area contributed by atoms with Crippen LogP contribution in [0.1, 0.15) is 23.9 Å². The number of aromatic nitrogens is 2. The number of thiazole rings is 2. The summed E-state index contributed by atoms with van der Waals surface area (Å²) < 4.78 is 40.4. The minimum atomic E-state index is -3.49. The molecule has 6 rings (SSSR count). The maximum Gasteiger partial charge on any atom is 0.519 e. The lowest BCUT2D eigenvalue weighted by Crippen LogP contribution is -2.65. The molecule has 4 atom stereocenters. The lowest BCUT2D eigenvalue weighted by atomic mass is 9.88. The molecule has 2 aliphatic rings. The Morgan fingerprint density at radius 2 is 0.938 bits per heavy atom. The first-order valence-electron chi connectivity index (χ1n) is 15.4. The summed E-state index contributed by atoms with van der Waals surface area (Å²) in [6.07, 6.45) is 12.9. The highest BCUT2D eigenvalue weighted by Crippen LogP contribution is 2.62. The molecule has 4 aromatic rings. The molecule has 0 spiro atoms. The van der Waals surface area contributed by atoms with Gasteiger partial charge in [0.05, 0.1) is 20.4 Å². The smallest absolute Gasteiger partial charge is 0.376 e. The van der Waals surface area contributed by atoms with E-state index < -0.39 is 27.7 Å². The molecular weight excluding hydrogens is 717 g/mol. The standard InChI is InChI=1S/C34H40N2O6S4Si2/c1-23-15-13-21-29(33(23,47(37-3,38-4)39-5)31-35-25-17-9-11-19-27(25)43-31)45-46-30-22-14-16-24(2)34(30,48(40-6,41-7)42-8)32-36-26-18-10-12-20-28(26)44-32/h9-24H,1-8H3. The van der Waals surface area contributed by atoms with E-state index in [1.165, 1.54) is 0 Å². The molecule has 2 heterocycles. The van der Waals surface area contributed by atoms with Gasteiger partial charge in [-0.2, -0.15) is 0 Å². The first-order chi connectivity index (χ1) is 23.3. The summed E-state index contributed by atoms with van der Waals surface area (Å²) in [5.74, 6) is -0.118. The fourth-order valence-electron chi connectivity index (χ4n) is 7.17. The topological polar surface area (TPSA) is 81.2 Å². The second-order valence-corrected chi connectivity index (χ2v) is 22.0. The minimum absolute atomic E-state index is 0.0590. The van der Waals surface area contributed by atoms with Crippen LogP contribution < -0.4 is 0 Å². The van der Waals surface area contributed by atoms with E-state index in [9.17, 15) is 0 Å². The average molecular weight is 757 g/mol. The highest BCUT2D eigenvalue weighted by Gasteiger charge is 2.70. The van der Waals surface area contributed by atoms with Crippen LogP contribution in [0.3, 0.4) is 0 Å². The molecule has 14 heteroatoms. The Hall–Kier alpha value is -1.93. The summed E-state index contributed by atoms with van der Waals surface area (Å²) in [5, 5.41) is 0.147. The number of fused-ring (bicyclic) bond motifs is 2.